The van der Waals surface area contributed by atoms with Crippen molar-refractivity contribution in [3.63, 3.8) is 0 Å². The maximum absolute atomic E-state index is 14.4. The molecule has 0 spiro atoms. The summed E-state index contributed by atoms with van der Waals surface area (Å²) in [5, 5.41) is 10.4. The van der Waals surface area contributed by atoms with Crippen molar-refractivity contribution in [1.82, 2.24) is 0 Å². The van der Waals surface area contributed by atoms with Gasteiger partial charge >= 0.3 is 12.4 Å². The number of rotatable bonds is 4. The second kappa shape index (κ2) is 11.7. The van der Waals surface area contributed by atoms with Crippen molar-refractivity contribution >= 4 is 58.2 Å². The number of imide groups is 2. The van der Waals surface area contributed by atoms with Gasteiger partial charge in [-0.2, -0.15) is 26.3 Å². The van der Waals surface area contributed by atoms with Gasteiger partial charge in [-0.25, -0.2) is 14.2 Å². The summed E-state index contributed by atoms with van der Waals surface area (Å²) in [6.07, 6.45) is -9.86. The Morgan fingerprint density at radius 1 is 0.788 bits per heavy atom. The highest BCUT2D eigenvalue weighted by Gasteiger charge is 2.76. The number of ether oxygens (including phenoxy) is 1. The third-order valence-corrected chi connectivity index (χ3v) is 11.7. The zero-order chi connectivity index (χ0) is 37.9. The van der Waals surface area contributed by atoms with Crippen LogP contribution in [0.3, 0.4) is 0 Å². The SMILES string of the molecule is COc1cc(C2C3=CCC4C(=O)N(c5cc(C(F)(F)F)cc(C(F)(F)F)c5)C(=O)C4C3CC3(Cl)C(=O)N(c4ccc(F)cc4)C(=O)C23Cl)ccc1O. The Kier molecular flexibility index (Phi) is 8.04. The molecule has 2 heterocycles. The third-order valence-electron chi connectivity index (χ3n) is 10.3. The quantitative estimate of drug-likeness (QED) is 0.129. The van der Waals surface area contributed by atoms with Crippen molar-refractivity contribution in [2.45, 2.75) is 40.9 Å². The van der Waals surface area contributed by atoms with Gasteiger partial charge in [0.1, 0.15) is 5.82 Å². The first-order chi connectivity index (χ1) is 24.2. The Hall–Kier alpha value is -4.63. The van der Waals surface area contributed by atoms with Crippen LogP contribution in [0.1, 0.15) is 35.4 Å². The van der Waals surface area contributed by atoms with Crippen LogP contribution in [0.2, 0.25) is 0 Å². The number of hydrogen-bond donors (Lipinski definition) is 1. The lowest BCUT2D eigenvalue weighted by molar-refractivity contribution is -0.143. The van der Waals surface area contributed by atoms with E-state index in [-0.39, 0.29) is 57.8 Å². The molecule has 3 aromatic rings. The van der Waals surface area contributed by atoms with Crippen LogP contribution in [0.4, 0.5) is 42.1 Å². The van der Waals surface area contributed by atoms with E-state index >= 15 is 0 Å². The topological polar surface area (TPSA) is 104 Å². The molecule has 3 fully saturated rings. The summed E-state index contributed by atoms with van der Waals surface area (Å²) in [5.74, 6) is -10.7. The van der Waals surface area contributed by atoms with Crippen LogP contribution in [-0.2, 0) is 31.5 Å². The van der Waals surface area contributed by atoms with Gasteiger partial charge < -0.3 is 9.84 Å². The molecule has 8 nitrogen and oxygen atoms in total. The van der Waals surface area contributed by atoms with E-state index in [1.165, 1.54) is 31.4 Å². The van der Waals surface area contributed by atoms with Crippen molar-refractivity contribution in [1.29, 1.82) is 0 Å². The van der Waals surface area contributed by atoms with Gasteiger partial charge in [-0.1, -0.05) is 17.7 Å². The number of aromatic hydroxyl groups is 1. The second-order valence-corrected chi connectivity index (χ2v) is 14.2. The Balaban J connectivity index is 1.39. The van der Waals surface area contributed by atoms with Crippen molar-refractivity contribution in [3.8, 4) is 11.5 Å². The Morgan fingerprint density at radius 3 is 1.98 bits per heavy atom. The zero-order valence-corrected chi connectivity index (χ0v) is 27.9. The summed E-state index contributed by atoms with van der Waals surface area (Å²) in [4.78, 5) is 53.0. The number of amides is 4. The fourth-order valence-electron chi connectivity index (χ4n) is 7.97. The summed E-state index contributed by atoms with van der Waals surface area (Å²) in [6, 6.07) is 8.59. The van der Waals surface area contributed by atoms with Crippen molar-refractivity contribution in [2.24, 2.45) is 17.8 Å². The first-order valence-electron chi connectivity index (χ1n) is 15.5. The van der Waals surface area contributed by atoms with Crippen LogP contribution in [0.15, 0.2) is 72.3 Å². The number of anilines is 2. The molecule has 6 atom stereocenters. The van der Waals surface area contributed by atoms with Crippen LogP contribution >= 0.6 is 23.2 Å². The van der Waals surface area contributed by atoms with E-state index < -0.39 is 98.5 Å². The van der Waals surface area contributed by atoms with Crippen LogP contribution in [0, 0.1) is 23.6 Å². The number of allylic oxidation sites excluding steroid dienone is 2. The van der Waals surface area contributed by atoms with Crippen LogP contribution in [0.25, 0.3) is 0 Å². The molecule has 1 saturated carbocycles. The van der Waals surface area contributed by atoms with Gasteiger partial charge in [-0.3, -0.25) is 19.2 Å². The fourth-order valence-corrected chi connectivity index (χ4v) is 8.90. The average molecular weight is 771 g/mol. The maximum atomic E-state index is 14.4. The summed E-state index contributed by atoms with van der Waals surface area (Å²) < 4.78 is 102. The number of carbonyl (C=O) groups excluding carboxylic acids is 4. The molecule has 2 aliphatic carbocycles. The molecule has 2 aliphatic heterocycles. The van der Waals surface area contributed by atoms with Gasteiger partial charge in [-0.15, -0.1) is 23.2 Å². The first kappa shape index (κ1) is 35.8. The maximum Gasteiger partial charge on any atom is 0.416 e. The number of nitrogens with zero attached hydrogens (tertiary/aromatic N) is 2. The molecule has 0 radical (unpaired) electrons. The summed E-state index contributed by atoms with van der Waals surface area (Å²) in [6.45, 7) is 0. The van der Waals surface area contributed by atoms with Crippen molar-refractivity contribution < 1.29 is 59.8 Å². The smallest absolute Gasteiger partial charge is 0.416 e. The number of hydrogen-bond acceptors (Lipinski definition) is 6. The molecule has 7 rings (SSSR count). The normalized spacial score (nSPS) is 28.8. The number of fused-ring (bicyclic) bond motifs is 4. The van der Waals surface area contributed by atoms with Crippen molar-refractivity contribution in [3.05, 3.63) is 94.8 Å². The number of phenolic OH excluding ortho intramolecular Hbond substituents is 1. The van der Waals surface area contributed by atoms with Gasteiger partial charge in [0.25, 0.3) is 11.8 Å². The van der Waals surface area contributed by atoms with E-state index in [0.29, 0.717) is 4.90 Å². The van der Waals surface area contributed by atoms with Gasteiger partial charge in [0.2, 0.25) is 11.8 Å². The second-order valence-electron chi connectivity index (χ2n) is 13.0. The number of carbonyl (C=O) groups is 4. The minimum absolute atomic E-state index is 0.0789. The molecular weight excluding hydrogens is 748 g/mol. The van der Waals surface area contributed by atoms with E-state index in [9.17, 15) is 55.0 Å². The van der Waals surface area contributed by atoms with Crippen LogP contribution in [-0.4, -0.2) is 45.6 Å². The molecule has 6 unspecified atom stereocenters. The predicted octanol–water partition coefficient (Wildman–Crippen LogP) is 7.35. The summed E-state index contributed by atoms with van der Waals surface area (Å²) in [7, 11) is 1.24. The Labute approximate surface area is 299 Å². The van der Waals surface area contributed by atoms with Gasteiger partial charge in [0.05, 0.1) is 41.4 Å². The fraction of sp³-hybridized carbons (Fsp3) is 0.314. The number of halogens is 9. The number of methoxy groups -OCH3 is 1. The molecule has 52 heavy (non-hydrogen) atoms. The van der Waals surface area contributed by atoms with E-state index in [1.54, 1.807) is 0 Å². The third kappa shape index (κ3) is 5.02. The van der Waals surface area contributed by atoms with Gasteiger partial charge in [0, 0.05) is 5.92 Å². The standard InChI is InChI=1S/C35H23Cl2F7N2O6/c1-52-25-10-15(2-9-24(25)47)27-21-7-8-22-26(29(49)45(28(22)48)20-12-16(34(39,40)41)11-17(13-20)35(42,43)44)23(21)14-32(36)30(50)46(31(51)33(27,32)37)19-5-3-18(38)4-6-19/h2-7,9-13,22-23,26-27,47H,8,14H2,1H3. The summed E-state index contributed by atoms with van der Waals surface area (Å²) in [5.41, 5.74) is -4.11. The van der Waals surface area contributed by atoms with E-state index in [2.05, 4.69) is 0 Å². The average Bonchev–Trinajstić information content (AvgIpc) is 3.42. The van der Waals surface area contributed by atoms with E-state index in [0.717, 1.165) is 24.3 Å². The first-order valence-corrected chi connectivity index (χ1v) is 16.3. The highest BCUT2D eigenvalue weighted by Crippen LogP contribution is 2.66. The molecule has 2 saturated heterocycles. The number of alkyl halides is 8. The predicted molar refractivity (Wildman–Crippen MR) is 170 cm³/mol. The minimum Gasteiger partial charge on any atom is -0.504 e. The highest BCUT2D eigenvalue weighted by molar-refractivity contribution is 6.58. The molecular formula is C35H23Cl2F7N2O6. The monoisotopic (exact) mass is 770 g/mol. The largest absolute Gasteiger partial charge is 0.504 e. The number of benzene rings is 3. The van der Waals surface area contributed by atoms with E-state index in [1.807, 2.05) is 0 Å². The van der Waals surface area contributed by atoms with Gasteiger partial charge in [0.15, 0.2) is 21.2 Å². The Bertz CT molecular complexity index is 2070. The zero-order valence-electron chi connectivity index (χ0n) is 26.4. The molecule has 4 amide bonds. The lowest BCUT2D eigenvalue weighted by Crippen LogP contribution is -2.60. The van der Waals surface area contributed by atoms with Crippen LogP contribution < -0.4 is 14.5 Å². The Morgan fingerprint density at radius 2 is 1.40 bits per heavy atom. The van der Waals surface area contributed by atoms with E-state index in [4.69, 9.17) is 27.9 Å². The molecule has 1 N–H and O–H groups in total. The summed E-state index contributed by atoms with van der Waals surface area (Å²) >= 11 is 14.5. The molecule has 17 heteroatoms. The lowest BCUT2D eigenvalue weighted by Gasteiger charge is -2.50. The lowest BCUT2D eigenvalue weighted by atomic mass is 9.56. The highest BCUT2D eigenvalue weighted by atomic mass is 35.5. The minimum atomic E-state index is -5.27. The molecule has 0 bridgehead atoms. The molecule has 4 aliphatic rings. The molecule has 3 aromatic carbocycles. The molecule has 0 aromatic heterocycles. The van der Waals surface area contributed by atoms with Gasteiger partial charge in [-0.05, 0) is 78.9 Å². The molecule has 272 valence electrons. The van der Waals surface area contributed by atoms with Crippen LogP contribution in [0.5, 0.6) is 11.5 Å². The number of phenols is 1. The van der Waals surface area contributed by atoms with Crippen molar-refractivity contribution in [2.75, 3.05) is 16.9 Å².